The van der Waals surface area contributed by atoms with E-state index >= 15 is 0 Å². The number of amides is 1. The van der Waals surface area contributed by atoms with Gasteiger partial charge in [-0.15, -0.1) is 11.3 Å². The second-order valence-electron chi connectivity index (χ2n) is 7.51. The zero-order valence-corrected chi connectivity index (χ0v) is 17.3. The average molecular weight is 400 g/mol. The Morgan fingerprint density at radius 2 is 1.89 bits per heavy atom. The third-order valence-electron chi connectivity index (χ3n) is 5.80. The van der Waals surface area contributed by atoms with Crippen LogP contribution in [0.15, 0.2) is 30.5 Å². The molecule has 1 aromatic heterocycles. The highest BCUT2D eigenvalue weighted by molar-refractivity contribution is 7.15. The molecule has 2 fully saturated rings. The van der Waals surface area contributed by atoms with Crippen molar-refractivity contribution in [1.29, 1.82) is 0 Å². The molecule has 0 atom stereocenters. The van der Waals surface area contributed by atoms with Gasteiger partial charge in [0.25, 0.3) is 5.91 Å². The Labute approximate surface area is 170 Å². The Morgan fingerprint density at radius 1 is 1.18 bits per heavy atom. The average Bonchev–Trinajstić information content (AvgIpc) is 3.23. The quantitative estimate of drug-likeness (QED) is 0.809. The Bertz CT molecular complexity index is 776. The number of anilines is 2. The van der Waals surface area contributed by atoms with Crippen LogP contribution in [0, 0.1) is 0 Å². The van der Waals surface area contributed by atoms with Gasteiger partial charge < -0.3 is 15.1 Å². The fourth-order valence-electron chi connectivity index (χ4n) is 3.95. The molecule has 2 aliphatic rings. The van der Waals surface area contributed by atoms with E-state index in [9.17, 15) is 4.79 Å². The zero-order valence-electron chi connectivity index (χ0n) is 16.5. The monoisotopic (exact) mass is 399 g/mol. The first-order valence-electron chi connectivity index (χ1n) is 10.3. The fourth-order valence-corrected chi connectivity index (χ4v) is 4.93. The van der Waals surface area contributed by atoms with Crippen molar-refractivity contribution in [2.75, 3.05) is 56.0 Å². The zero-order chi connectivity index (χ0) is 19.3. The minimum atomic E-state index is -0.0893. The van der Waals surface area contributed by atoms with Gasteiger partial charge in [-0.05, 0) is 62.7 Å². The lowest BCUT2D eigenvalue weighted by molar-refractivity contribution is 0.102. The summed E-state index contributed by atoms with van der Waals surface area (Å²) in [6.07, 6.45) is 4.21. The Morgan fingerprint density at radius 3 is 2.57 bits per heavy atom. The summed E-state index contributed by atoms with van der Waals surface area (Å²) in [6.45, 7) is 9.72. The number of carbonyl (C=O) groups is 1. The van der Waals surface area contributed by atoms with Gasteiger partial charge in [0.05, 0.1) is 0 Å². The number of carbonyl (C=O) groups excluding carboxylic acids is 1. The van der Waals surface area contributed by atoms with Crippen molar-refractivity contribution in [2.24, 2.45) is 0 Å². The van der Waals surface area contributed by atoms with Gasteiger partial charge in [-0.2, -0.15) is 0 Å². The van der Waals surface area contributed by atoms with Crippen molar-refractivity contribution < 1.29 is 4.79 Å². The van der Waals surface area contributed by atoms with E-state index in [2.05, 4.69) is 44.5 Å². The lowest BCUT2D eigenvalue weighted by Gasteiger charge is -2.35. The molecule has 2 N–H and O–H groups in total. The summed E-state index contributed by atoms with van der Waals surface area (Å²) in [7, 11) is 0. The molecule has 4 rings (SSSR count). The number of nitrogens with one attached hydrogen (secondary N) is 2. The molecule has 3 heterocycles. The topological polar surface area (TPSA) is 60.5 Å². The van der Waals surface area contributed by atoms with Gasteiger partial charge in [-0.25, -0.2) is 4.98 Å². The SMILES string of the molecule is CCN1CCN(c2ccc(C(=O)Nc3ncc(C4CCNCC4)s3)cc2)CC1. The van der Waals surface area contributed by atoms with E-state index in [1.807, 2.05) is 18.3 Å². The van der Waals surface area contributed by atoms with Crippen molar-refractivity contribution >= 4 is 28.1 Å². The van der Waals surface area contributed by atoms with Crippen LogP contribution in [-0.2, 0) is 0 Å². The number of hydrogen-bond donors (Lipinski definition) is 2. The Balaban J connectivity index is 1.34. The minimum absolute atomic E-state index is 0.0893. The molecule has 2 aliphatic heterocycles. The predicted molar refractivity (Wildman–Crippen MR) is 116 cm³/mol. The number of likely N-dealkylation sites (N-methyl/N-ethyl adjacent to an activating group) is 1. The lowest BCUT2D eigenvalue weighted by Crippen LogP contribution is -2.46. The second-order valence-corrected chi connectivity index (χ2v) is 8.58. The fraction of sp³-hybridized carbons (Fsp3) is 0.524. The highest BCUT2D eigenvalue weighted by Crippen LogP contribution is 2.31. The molecule has 1 aromatic carbocycles. The third kappa shape index (κ3) is 4.54. The molecule has 0 unspecified atom stereocenters. The van der Waals surface area contributed by atoms with Crippen LogP contribution in [0.5, 0.6) is 0 Å². The largest absolute Gasteiger partial charge is 0.369 e. The number of benzene rings is 1. The standard InChI is InChI=1S/C21H29N5OS/c1-2-25-11-13-26(14-12-25)18-5-3-17(4-6-18)20(27)24-21-23-15-19(28-21)16-7-9-22-10-8-16/h3-6,15-16,22H,2,7-14H2,1H3,(H,23,24,27). The first-order valence-corrected chi connectivity index (χ1v) is 11.1. The summed E-state index contributed by atoms with van der Waals surface area (Å²) in [5, 5.41) is 7.04. The summed E-state index contributed by atoms with van der Waals surface area (Å²) in [6, 6.07) is 7.94. The van der Waals surface area contributed by atoms with Crippen molar-refractivity contribution in [2.45, 2.75) is 25.7 Å². The van der Waals surface area contributed by atoms with Crippen molar-refractivity contribution in [1.82, 2.24) is 15.2 Å². The molecule has 28 heavy (non-hydrogen) atoms. The normalized spacial score (nSPS) is 19.0. The first kappa shape index (κ1) is 19.4. The molecule has 0 aliphatic carbocycles. The Hall–Kier alpha value is -1.96. The van der Waals surface area contributed by atoms with Crippen LogP contribution in [-0.4, -0.2) is 61.6 Å². The van der Waals surface area contributed by atoms with Crippen LogP contribution in [0.3, 0.4) is 0 Å². The number of aromatic nitrogens is 1. The number of thiazole rings is 1. The Kier molecular flexibility index (Phi) is 6.24. The number of rotatable bonds is 5. The number of nitrogens with zero attached hydrogens (tertiary/aromatic N) is 3. The molecule has 0 saturated carbocycles. The van der Waals surface area contributed by atoms with E-state index in [1.165, 1.54) is 10.6 Å². The van der Waals surface area contributed by atoms with Crippen molar-refractivity contribution in [3.05, 3.63) is 40.9 Å². The van der Waals surface area contributed by atoms with Crippen LogP contribution >= 0.6 is 11.3 Å². The summed E-state index contributed by atoms with van der Waals surface area (Å²) in [4.78, 5) is 23.1. The molecule has 1 amide bonds. The molecule has 0 radical (unpaired) electrons. The molecule has 2 saturated heterocycles. The molecular formula is C21H29N5OS. The van der Waals surface area contributed by atoms with Crippen molar-refractivity contribution in [3.63, 3.8) is 0 Å². The molecule has 150 valence electrons. The van der Waals surface area contributed by atoms with E-state index in [1.54, 1.807) is 11.3 Å². The predicted octanol–water partition coefficient (Wildman–Crippen LogP) is 3.00. The molecule has 2 aromatic rings. The maximum atomic E-state index is 12.6. The number of piperazine rings is 1. The van der Waals surface area contributed by atoms with Gasteiger partial charge in [-0.1, -0.05) is 6.92 Å². The third-order valence-corrected chi connectivity index (χ3v) is 6.87. The smallest absolute Gasteiger partial charge is 0.257 e. The second kappa shape index (κ2) is 9.03. The molecule has 0 spiro atoms. The first-order chi connectivity index (χ1) is 13.7. The number of hydrogen-bond acceptors (Lipinski definition) is 6. The number of piperidine rings is 1. The molecule has 0 bridgehead atoms. The van der Waals surface area contributed by atoms with Gasteiger partial charge >= 0.3 is 0 Å². The van der Waals surface area contributed by atoms with Gasteiger partial charge in [0.1, 0.15) is 0 Å². The van der Waals surface area contributed by atoms with Crippen LogP contribution in [0.4, 0.5) is 10.8 Å². The summed E-state index contributed by atoms with van der Waals surface area (Å²) >= 11 is 1.61. The van der Waals surface area contributed by atoms with E-state index < -0.39 is 0 Å². The van der Waals surface area contributed by atoms with Gasteiger partial charge in [0, 0.05) is 48.5 Å². The highest BCUT2D eigenvalue weighted by Gasteiger charge is 2.19. The summed E-state index contributed by atoms with van der Waals surface area (Å²) in [5.74, 6) is 0.477. The van der Waals surface area contributed by atoms with Crippen LogP contribution < -0.4 is 15.5 Å². The van der Waals surface area contributed by atoms with Gasteiger partial charge in [0.2, 0.25) is 0 Å². The summed E-state index contributed by atoms with van der Waals surface area (Å²) < 4.78 is 0. The highest BCUT2D eigenvalue weighted by atomic mass is 32.1. The van der Waals surface area contributed by atoms with Crippen molar-refractivity contribution in [3.8, 4) is 0 Å². The van der Waals surface area contributed by atoms with Gasteiger partial charge in [0.15, 0.2) is 5.13 Å². The van der Waals surface area contributed by atoms with E-state index in [0.29, 0.717) is 16.6 Å². The van der Waals surface area contributed by atoms with E-state index in [4.69, 9.17) is 0 Å². The van der Waals surface area contributed by atoms with E-state index in [-0.39, 0.29) is 5.91 Å². The van der Waals surface area contributed by atoms with Gasteiger partial charge in [-0.3, -0.25) is 10.1 Å². The summed E-state index contributed by atoms with van der Waals surface area (Å²) in [5.41, 5.74) is 1.87. The van der Waals surface area contributed by atoms with E-state index in [0.717, 1.165) is 58.7 Å². The molecule has 6 nitrogen and oxygen atoms in total. The molecule has 7 heteroatoms. The van der Waals surface area contributed by atoms with Crippen LogP contribution in [0.2, 0.25) is 0 Å². The maximum Gasteiger partial charge on any atom is 0.257 e. The minimum Gasteiger partial charge on any atom is -0.369 e. The maximum absolute atomic E-state index is 12.6. The van der Waals surface area contributed by atoms with Crippen LogP contribution in [0.25, 0.3) is 0 Å². The molecular weight excluding hydrogens is 370 g/mol. The lowest BCUT2D eigenvalue weighted by atomic mass is 9.97. The van der Waals surface area contributed by atoms with Crippen LogP contribution in [0.1, 0.15) is 40.9 Å².